The highest BCUT2D eigenvalue weighted by Crippen LogP contribution is 2.35. The van der Waals surface area contributed by atoms with Gasteiger partial charge in [0.05, 0.1) is 5.02 Å². The summed E-state index contributed by atoms with van der Waals surface area (Å²) in [4.78, 5) is 12.2. The number of ether oxygens (including phenoxy) is 2. The molecule has 0 unspecified atom stereocenters. The fourth-order valence-corrected chi connectivity index (χ4v) is 2.92. The van der Waals surface area contributed by atoms with Crippen molar-refractivity contribution in [3.8, 4) is 17.2 Å². The van der Waals surface area contributed by atoms with Crippen LogP contribution in [0.5, 0.6) is 17.2 Å². The molecule has 0 fully saturated rings. The first kappa shape index (κ1) is 18.2. The van der Waals surface area contributed by atoms with Crippen molar-refractivity contribution in [1.82, 2.24) is 0 Å². The molecule has 0 saturated heterocycles. The lowest BCUT2D eigenvalue weighted by atomic mass is 10.0. The minimum atomic E-state index is -0.769. The molecule has 0 amide bonds. The first-order valence-corrected chi connectivity index (χ1v) is 8.41. The molecule has 0 saturated carbocycles. The van der Waals surface area contributed by atoms with E-state index in [2.05, 4.69) is 0 Å². The van der Waals surface area contributed by atoms with Crippen LogP contribution in [0.1, 0.15) is 10.4 Å². The number of carbonyl (C=O) groups is 1. The summed E-state index contributed by atoms with van der Waals surface area (Å²) in [5, 5.41) is 21.9. The Morgan fingerprint density at radius 3 is 2.42 bits per heavy atom. The average Bonchev–Trinajstić information content (AvgIpc) is 2.63. The van der Waals surface area contributed by atoms with Crippen molar-refractivity contribution in [3.05, 3.63) is 64.1 Å². The highest BCUT2D eigenvalue weighted by molar-refractivity contribution is 6.35. The Kier molecular flexibility index (Phi) is 5.40. The number of benzene rings is 3. The maximum Gasteiger partial charge on any atom is 0.342 e. The van der Waals surface area contributed by atoms with Crippen LogP contribution in [-0.4, -0.2) is 29.4 Å². The second-order valence-corrected chi connectivity index (χ2v) is 6.24. The molecule has 0 aliphatic carbocycles. The lowest BCUT2D eigenvalue weighted by Gasteiger charge is -2.11. The maximum atomic E-state index is 12.2. The number of fused-ring (bicyclic) bond motifs is 1. The molecule has 2 N–H and O–H groups in total. The molecule has 0 aliphatic rings. The van der Waals surface area contributed by atoms with E-state index in [-0.39, 0.29) is 30.3 Å². The zero-order valence-electron chi connectivity index (χ0n) is 13.4. The van der Waals surface area contributed by atoms with Crippen LogP contribution in [0.25, 0.3) is 10.8 Å². The molecule has 7 heteroatoms. The Bertz CT molecular complexity index is 972. The number of phenols is 2. The van der Waals surface area contributed by atoms with E-state index >= 15 is 0 Å². The van der Waals surface area contributed by atoms with Gasteiger partial charge in [-0.1, -0.05) is 47.5 Å². The van der Waals surface area contributed by atoms with Crippen LogP contribution >= 0.6 is 23.2 Å². The fourth-order valence-electron chi connectivity index (χ4n) is 2.45. The molecule has 5 nitrogen and oxygen atoms in total. The normalized spacial score (nSPS) is 10.7. The minimum Gasteiger partial charge on any atom is -0.507 e. The fraction of sp³-hybridized carbons (Fsp3) is 0.105. The molecule has 3 aromatic rings. The summed E-state index contributed by atoms with van der Waals surface area (Å²) in [6, 6.07) is 12.6. The van der Waals surface area contributed by atoms with Gasteiger partial charge in [-0.15, -0.1) is 0 Å². The predicted octanol–water partition coefficient (Wildman–Crippen LogP) is 4.79. The van der Waals surface area contributed by atoms with Gasteiger partial charge in [0.25, 0.3) is 0 Å². The van der Waals surface area contributed by atoms with E-state index in [9.17, 15) is 15.0 Å². The standard InChI is InChI=1S/C19H14Cl2O5/c20-11-5-6-17(15(21)9-11)25-7-8-26-19(24)14-10-16(22)12-3-1-2-4-13(12)18(14)23/h1-6,9-10,22-23H,7-8H2. The molecule has 0 aromatic heterocycles. The van der Waals surface area contributed by atoms with Crippen molar-refractivity contribution in [3.63, 3.8) is 0 Å². The summed E-state index contributed by atoms with van der Waals surface area (Å²) in [6.07, 6.45) is 0. The number of halogens is 2. The highest BCUT2D eigenvalue weighted by atomic mass is 35.5. The quantitative estimate of drug-likeness (QED) is 0.370. The molecular weight excluding hydrogens is 379 g/mol. The number of rotatable bonds is 5. The third-order valence-electron chi connectivity index (χ3n) is 3.68. The highest BCUT2D eigenvalue weighted by Gasteiger charge is 2.18. The third kappa shape index (κ3) is 3.79. The van der Waals surface area contributed by atoms with Crippen LogP contribution in [-0.2, 0) is 4.74 Å². The lowest BCUT2D eigenvalue weighted by Crippen LogP contribution is -2.12. The van der Waals surface area contributed by atoms with E-state index in [0.717, 1.165) is 0 Å². The molecule has 134 valence electrons. The van der Waals surface area contributed by atoms with Crippen molar-refractivity contribution in [2.24, 2.45) is 0 Å². The predicted molar refractivity (Wildman–Crippen MR) is 99.5 cm³/mol. The molecule has 0 bridgehead atoms. The van der Waals surface area contributed by atoms with Crippen molar-refractivity contribution in [2.75, 3.05) is 13.2 Å². The number of hydrogen-bond acceptors (Lipinski definition) is 5. The van der Waals surface area contributed by atoms with Gasteiger partial charge in [0.2, 0.25) is 0 Å². The molecule has 0 radical (unpaired) electrons. The van der Waals surface area contributed by atoms with Crippen molar-refractivity contribution < 1.29 is 24.5 Å². The summed E-state index contributed by atoms with van der Waals surface area (Å²) in [7, 11) is 0. The Balaban J connectivity index is 1.65. The minimum absolute atomic E-state index is 0.0629. The Labute approximate surface area is 159 Å². The number of hydrogen-bond donors (Lipinski definition) is 2. The van der Waals surface area contributed by atoms with E-state index in [1.807, 2.05) is 0 Å². The second-order valence-electron chi connectivity index (χ2n) is 5.40. The third-order valence-corrected chi connectivity index (χ3v) is 4.21. The SMILES string of the molecule is O=C(OCCOc1ccc(Cl)cc1Cl)c1cc(O)c2ccccc2c1O. The molecule has 3 aromatic carbocycles. The van der Waals surface area contributed by atoms with Crippen LogP contribution in [0.2, 0.25) is 10.0 Å². The zero-order valence-corrected chi connectivity index (χ0v) is 14.9. The van der Waals surface area contributed by atoms with Gasteiger partial charge < -0.3 is 19.7 Å². The van der Waals surface area contributed by atoms with Gasteiger partial charge in [0, 0.05) is 15.8 Å². The van der Waals surface area contributed by atoms with Crippen LogP contribution < -0.4 is 4.74 Å². The van der Waals surface area contributed by atoms with E-state index < -0.39 is 5.97 Å². The first-order chi connectivity index (χ1) is 12.5. The van der Waals surface area contributed by atoms with Crippen molar-refractivity contribution in [2.45, 2.75) is 0 Å². The Morgan fingerprint density at radius 1 is 0.962 bits per heavy atom. The summed E-state index contributed by atoms with van der Waals surface area (Å²) in [5.41, 5.74) is -0.120. The topological polar surface area (TPSA) is 76.0 Å². The molecule has 0 spiro atoms. The van der Waals surface area contributed by atoms with Gasteiger partial charge in [-0.3, -0.25) is 0 Å². The summed E-state index contributed by atoms with van der Waals surface area (Å²) >= 11 is 11.8. The van der Waals surface area contributed by atoms with E-state index in [0.29, 0.717) is 26.6 Å². The zero-order chi connectivity index (χ0) is 18.7. The summed E-state index contributed by atoms with van der Waals surface area (Å²) in [6.45, 7) is -0.00175. The molecule has 0 aliphatic heterocycles. The van der Waals surface area contributed by atoms with Gasteiger partial charge in [-0.2, -0.15) is 0 Å². The van der Waals surface area contributed by atoms with Gasteiger partial charge in [-0.25, -0.2) is 4.79 Å². The smallest absolute Gasteiger partial charge is 0.342 e. The summed E-state index contributed by atoms with van der Waals surface area (Å²) in [5.74, 6) is -0.715. The van der Waals surface area contributed by atoms with Crippen LogP contribution in [0.15, 0.2) is 48.5 Å². The van der Waals surface area contributed by atoms with Crippen LogP contribution in [0.3, 0.4) is 0 Å². The van der Waals surface area contributed by atoms with E-state index in [4.69, 9.17) is 32.7 Å². The van der Waals surface area contributed by atoms with Gasteiger partial charge >= 0.3 is 5.97 Å². The van der Waals surface area contributed by atoms with Crippen molar-refractivity contribution >= 4 is 39.9 Å². The van der Waals surface area contributed by atoms with Gasteiger partial charge in [-0.05, 0) is 24.3 Å². The van der Waals surface area contributed by atoms with Gasteiger partial charge in [0.15, 0.2) is 0 Å². The van der Waals surface area contributed by atoms with Crippen LogP contribution in [0, 0.1) is 0 Å². The Hall–Kier alpha value is -2.63. The number of aromatic hydroxyl groups is 2. The molecule has 0 atom stereocenters. The average molecular weight is 393 g/mol. The Morgan fingerprint density at radius 2 is 1.69 bits per heavy atom. The largest absolute Gasteiger partial charge is 0.507 e. The first-order valence-electron chi connectivity index (χ1n) is 7.66. The van der Waals surface area contributed by atoms with Crippen LogP contribution in [0.4, 0.5) is 0 Å². The molecule has 26 heavy (non-hydrogen) atoms. The number of esters is 1. The number of phenolic OH excluding ortho intramolecular Hbond substituents is 2. The monoisotopic (exact) mass is 392 g/mol. The van der Waals surface area contributed by atoms with E-state index in [1.54, 1.807) is 42.5 Å². The molecule has 0 heterocycles. The van der Waals surface area contributed by atoms with Gasteiger partial charge in [0.1, 0.15) is 36.0 Å². The lowest BCUT2D eigenvalue weighted by molar-refractivity contribution is 0.0447. The second kappa shape index (κ2) is 7.72. The van der Waals surface area contributed by atoms with Crippen molar-refractivity contribution in [1.29, 1.82) is 0 Å². The summed E-state index contributed by atoms with van der Waals surface area (Å²) < 4.78 is 10.5. The molecule has 3 rings (SSSR count). The molecular formula is C19H14Cl2O5. The number of carbonyl (C=O) groups excluding carboxylic acids is 1. The van der Waals surface area contributed by atoms with E-state index in [1.165, 1.54) is 6.07 Å². The maximum absolute atomic E-state index is 12.2.